The Morgan fingerprint density at radius 2 is 2.25 bits per heavy atom. The number of nitrogens with one attached hydrogen (secondary N) is 1. The summed E-state index contributed by atoms with van der Waals surface area (Å²) in [5.74, 6) is 0. The van der Waals surface area contributed by atoms with E-state index in [1.807, 2.05) is 32.3 Å². The van der Waals surface area contributed by atoms with Crippen LogP contribution in [-0.4, -0.2) is 9.78 Å². The van der Waals surface area contributed by atoms with E-state index in [9.17, 15) is 0 Å². The fraction of sp³-hybridized carbons (Fsp3) is 0.250. The number of rotatable bonds is 3. The third-order valence-electron chi connectivity index (χ3n) is 2.55. The Labute approximate surface area is 95.1 Å². The van der Waals surface area contributed by atoms with E-state index in [1.165, 1.54) is 5.56 Å². The number of aromatic nitrogens is 2. The zero-order valence-electron chi connectivity index (χ0n) is 9.57. The normalized spacial score (nSPS) is 10.4. The van der Waals surface area contributed by atoms with Gasteiger partial charge in [-0.1, -0.05) is 12.1 Å². The molecule has 3 N–H and O–H groups in total. The van der Waals surface area contributed by atoms with Crippen LogP contribution in [0.3, 0.4) is 0 Å². The summed E-state index contributed by atoms with van der Waals surface area (Å²) >= 11 is 0. The second kappa shape index (κ2) is 4.26. The molecule has 0 saturated heterocycles. The van der Waals surface area contributed by atoms with Crippen molar-refractivity contribution in [2.24, 2.45) is 7.05 Å². The van der Waals surface area contributed by atoms with Crippen LogP contribution in [0.1, 0.15) is 11.1 Å². The minimum absolute atomic E-state index is 0.760. The Kier molecular flexibility index (Phi) is 2.81. The molecule has 1 aromatic heterocycles. The molecule has 4 heteroatoms. The van der Waals surface area contributed by atoms with E-state index in [-0.39, 0.29) is 0 Å². The van der Waals surface area contributed by atoms with Crippen LogP contribution in [0.2, 0.25) is 0 Å². The van der Waals surface area contributed by atoms with Crippen molar-refractivity contribution in [1.29, 1.82) is 0 Å². The van der Waals surface area contributed by atoms with Crippen LogP contribution in [0, 0.1) is 6.92 Å². The molecule has 1 aromatic carbocycles. The fourth-order valence-electron chi connectivity index (χ4n) is 1.52. The molecule has 2 rings (SSSR count). The van der Waals surface area contributed by atoms with Crippen molar-refractivity contribution < 1.29 is 0 Å². The molecule has 16 heavy (non-hydrogen) atoms. The highest BCUT2D eigenvalue weighted by molar-refractivity contribution is 5.49. The molecule has 84 valence electrons. The summed E-state index contributed by atoms with van der Waals surface area (Å²) in [6.45, 7) is 2.77. The summed E-state index contributed by atoms with van der Waals surface area (Å²) in [5.41, 5.74) is 9.99. The molecule has 0 aliphatic heterocycles. The molecule has 1 heterocycles. The third-order valence-corrected chi connectivity index (χ3v) is 2.55. The summed E-state index contributed by atoms with van der Waals surface area (Å²) in [5, 5.41) is 7.38. The largest absolute Gasteiger partial charge is 0.399 e. The van der Waals surface area contributed by atoms with Crippen LogP contribution in [0.25, 0.3) is 0 Å². The lowest BCUT2D eigenvalue weighted by Gasteiger charge is -2.06. The number of anilines is 2. The number of benzene rings is 1. The minimum atomic E-state index is 0.760. The van der Waals surface area contributed by atoms with Gasteiger partial charge in [0.1, 0.15) is 0 Å². The Morgan fingerprint density at radius 3 is 2.88 bits per heavy atom. The van der Waals surface area contributed by atoms with E-state index in [2.05, 4.69) is 16.5 Å². The Morgan fingerprint density at radius 1 is 1.44 bits per heavy atom. The van der Waals surface area contributed by atoms with Gasteiger partial charge in [0.2, 0.25) is 0 Å². The Bertz CT molecular complexity index is 488. The van der Waals surface area contributed by atoms with Crippen LogP contribution in [0.4, 0.5) is 11.4 Å². The van der Waals surface area contributed by atoms with Gasteiger partial charge in [0.05, 0.1) is 11.9 Å². The molecule has 0 aliphatic rings. The molecule has 0 saturated carbocycles. The summed E-state index contributed by atoms with van der Waals surface area (Å²) < 4.78 is 1.77. The monoisotopic (exact) mass is 216 g/mol. The van der Waals surface area contributed by atoms with Crippen molar-refractivity contribution in [2.45, 2.75) is 13.5 Å². The lowest BCUT2D eigenvalue weighted by atomic mass is 10.1. The van der Waals surface area contributed by atoms with Crippen LogP contribution in [0.15, 0.2) is 30.6 Å². The smallest absolute Gasteiger partial charge is 0.0729 e. The summed E-state index contributed by atoms with van der Waals surface area (Å²) in [7, 11) is 1.90. The Hall–Kier alpha value is -1.97. The van der Waals surface area contributed by atoms with Gasteiger partial charge in [-0.15, -0.1) is 0 Å². The molecule has 0 radical (unpaired) electrons. The molecule has 0 bridgehead atoms. The van der Waals surface area contributed by atoms with E-state index >= 15 is 0 Å². The molecule has 0 spiro atoms. The van der Waals surface area contributed by atoms with Crippen molar-refractivity contribution in [3.63, 3.8) is 0 Å². The molecule has 0 fully saturated rings. The van der Waals surface area contributed by atoms with Crippen LogP contribution >= 0.6 is 0 Å². The maximum absolute atomic E-state index is 5.85. The lowest BCUT2D eigenvalue weighted by Crippen LogP contribution is -2.00. The topological polar surface area (TPSA) is 55.9 Å². The third kappa shape index (κ3) is 2.34. The lowest BCUT2D eigenvalue weighted by molar-refractivity contribution is 0.768. The highest BCUT2D eigenvalue weighted by atomic mass is 15.3. The molecule has 2 aromatic rings. The van der Waals surface area contributed by atoms with Gasteiger partial charge in [-0.2, -0.15) is 5.10 Å². The summed E-state index contributed by atoms with van der Waals surface area (Å²) in [6, 6.07) is 6.11. The van der Waals surface area contributed by atoms with Crippen molar-refractivity contribution in [1.82, 2.24) is 9.78 Å². The number of hydrogen-bond acceptors (Lipinski definition) is 3. The maximum atomic E-state index is 5.85. The summed E-state index contributed by atoms with van der Waals surface area (Å²) in [4.78, 5) is 0. The molecule has 4 nitrogen and oxygen atoms in total. The van der Waals surface area contributed by atoms with Crippen molar-refractivity contribution >= 4 is 11.4 Å². The van der Waals surface area contributed by atoms with Gasteiger partial charge in [0.25, 0.3) is 0 Å². The average Bonchev–Trinajstić information content (AvgIpc) is 2.66. The predicted octanol–water partition coefficient (Wildman–Crippen LogP) is 1.92. The first kappa shape index (κ1) is 10.5. The first-order chi connectivity index (χ1) is 7.65. The number of nitrogen functional groups attached to an aromatic ring is 1. The van der Waals surface area contributed by atoms with E-state index < -0.39 is 0 Å². The van der Waals surface area contributed by atoms with E-state index in [0.717, 1.165) is 23.5 Å². The van der Waals surface area contributed by atoms with Gasteiger partial charge in [-0.3, -0.25) is 4.68 Å². The second-order valence-electron chi connectivity index (χ2n) is 3.95. The maximum Gasteiger partial charge on any atom is 0.0729 e. The predicted molar refractivity (Wildman–Crippen MR) is 66.1 cm³/mol. The number of aryl methyl sites for hydroxylation is 2. The van der Waals surface area contributed by atoms with Gasteiger partial charge in [0.15, 0.2) is 0 Å². The van der Waals surface area contributed by atoms with Gasteiger partial charge >= 0.3 is 0 Å². The molecule has 0 unspecified atom stereocenters. The highest BCUT2D eigenvalue weighted by Crippen LogP contribution is 2.14. The van der Waals surface area contributed by atoms with E-state index in [4.69, 9.17) is 5.73 Å². The van der Waals surface area contributed by atoms with Crippen molar-refractivity contribution in [2.75, 3.05) is 11.1 Å². The van der Waals surface area contributed by atoms with Crippen molar-refractivity contribution in [3.8, 4) is 0 Å². The molecule has 0 amide bonds. The number of nitrogens with two attached hydrogens (primary N) is 1. The first-order valence-corrected chi connectivity index (χ1v) is 5.22. The van der Waals surface area contributed by atoms with Gasteiger partial charge in [-0.25, -0.2) is 0 Å². The van der Waals surface area contributed by atoms with E-state index in [0.29, 0.717) is 0 Å². The standard InChI is InChI=1S/C12H16N4/c1-9-3-4-10(5-12(9)13)6-14-11-7-15-16(2)8-11/h3-5,7-8,14H,6,13H2,1-2H3. The first-order valence-electron chi connectivity index (χ1n) is 5.22. The van der Waals surface area contributed by atoms with Gasteiger partial charge in [-0.05, 0) is 24.1 Å². The van der Waals surface area contributed by atoms with Gasteiger partial charge < -0.3 is 11.1 Å². The molecular weight excluding hydrogens is 200 g/mol. The zero-order valence-corrected chi connectivity index (χ0v) is 9.57. The quantitative estimate of drug-likeness (QED) is 0.771. The summed E-state index contributed by atoms with van der Waals surface area (Å²) in [6.07, 6.45) is 3.75. The average molecular weight is 216 g/mol. The van der Waals surface area contributed by atoms with Gasteiger partial charge in [0, 0.05) is 25.5 Å². The SMILES string of the molecule is Cc1ccc(CNc2cnn(C)c2)cc1N. The Balaban J connectivity index is 2.02. The van der Waals surface area contributed by atoms with E-state index in [1.54, 1.807) is 10.9 Å². The number of nitrogens with zero attached hydrogens (tertiary/aromatic N) is 2. The van der Waals surface area contributed by atoms with Crippen LogP contribution in [0.5, 0.6) is 0 Å². The highest BCUT2D eigenvalue weighted by Gasteiger charge is 1.98. The number of hydrogen-bond donors (Lipinski definition) is 2. The van der Waals surface area contributed by atoms with Crippen molar-refractivity contribution in [3.05, 3.63) is 41.7 Å². The van der Waals surface area contributed by atoms with Crippen LogP contribution in [-0.2, 0) is 13.6 Å². The molecule has 0 atom stereocenters. The minimum Gasteiger partial charge on any atom is -0.399 e. The molecular formula is C12H16N4. The second-order valence-corrected chi connectivity index (χ2v) is 3.95. The fourth-order valence-corrected chi connectivity index (χ4v) is 1.52. The zero-order chi connectivity index (χ0) is 11.5. The molecule has 0 aliphatic carbocycles. The van der Waals surface area contributed by atoms with Crippen LogP contribution < -0.4 is 11.1 Å².